The fourth-order valence-corrected chi connectivity index (χ4v) is 4.01. The van der Waals surface area contributed by atoms with Gasteiger partial charge in [0.15, 0.2) is 5.78 Å². The van der Waals surface area contributed by atoms with Gasteiger partial charge in [0.05, 0.1) is 16.7 Å². The molecule has 2 rings (SSSR count). The molecule has 1 aromatic heterocycles. The Balaban J connectivity index is 1.84. The van der Waals surface area contributed by atoms with Gasteiger partial charge in [-0.05, 0) is 31.9 Å². The molecule has 0 spiro atoms. The zero-order chi connectivity index (χ0) is 12.3. The molecule has 0 aromatic carbocycles. The van der Waals surface area contributed by atoms with E-state index in [4.69, 9.17) is 4.74 Å². The number of ketones is 1. The van der Waals surface area contributed by atoms with E-state index in [1.165, 1.54) is 4.88 Å². The van der Waals surface area contributed by atoms with Crippen molar-refractivity contribution in [2.45, 2.75) is 38.0 Å². The van der Waals surface area contributed by atoms with E-state index < -0.39 is 0 Å². The third-order valence-electron chi connectivity index (χ3n) is 3.02. The van der Waals surface area contributed by atoms with Crippen LogP contribution in [0.5, 0.6) is 0 Å². The number of hydrogen-bond acceptors (Lipinski definition) is 4. The minimum atomic E-state index is 0.263. The molecule has 94 valence electrons. The van der Waals surface area contributed by atoms with Gasteiger partial charge in [0.25, 0.3) is 0 Å². The van der Waals surface area contributed by atoms with Crippen LogP contribution >= 0.6 is 23.1 Å². The fraction of sp³-hybridized carbons (Fsp3) is 0.615. The SMILES string of the molecule is CCc1ccc(C(=O)CSC2CCOC2C)s1. The van der Waals surface area contributed by atoms with Gasteiger partial charge in [-0.3, -0.25) is 4.79 Å². The van der Waals surface area contributed by atoms with Crippen molar-refractivity contribution < 1.29 is 9.53 Å². The second-order valence-corrected chi connectivity index (χ2v) is 6.65. The highest BCUT2D eigenvalue weighted by Crippen LogP contribution is 2.27. The monoisotopic (exact) mass is 270 g/mol. The molecule has 1 saturated heterocycles. The number of hydrogen-bond donors (Lipinski definition) is 0. The summed E-state index contributed by atoms with van der Waals surface area (Å²) in [5, 5.41) is 0.490. The van der Waals surface area contributed by atoms with E-state index in [0.29, 0.717) is 17.1 Å². The second kappa shape index (κ2) is 6.03. The topological polar surface area (TPSA) is 26.3 Å². The number of thiophene rings is 1. The summed E-state index contributed by atoms with van der Waals surface area (Å²) in [6.45, 7) is 5.05. The van der Waals surface area contributed by atoms with Crippen molar-refractivity contribution in [1.29, 1.82) is 0 Å². The standard InChI is InChI=1S/C13H18O2S2/c1-3-10-4-5-13(17-10)11(14)8-16-12-6-7-15-9(12)2/h4-5,9,12H,3,6-8H2,1-2H3. The highest BCUT2D eigenvalue weighted by Gasteiger charge is 2.25. The number of carbonyl (C=O) groups is 1. The zero-order valence-electron chi connectivity index (χ0n) is 10.3. The molecule has 0 aliphatic carbocycles. The summed E-state index contributed by atoms with van der Waals surface area (Å²) >= 11 is 3.37. The Morgan fingerprint density at radius 2 is 2.41 bits per heavy atom. The van der Waals surface area contributed by atoms with Crippen molar-refractivity contribution in [3.63, 3.8) is 0 Å². The van der Waals surface area contributed by atoms with Gasteiger partial charge >= 0.3 is 0 Å². The summed E-state index contributed by atoms with van der Waals surface area (Å²) in [5.74, 6) is 0.848. The Kier molecular flexibility index (Phi) is 4.65. The second-order valence-electron chi connectivity index (χ2n) is 4.26. The van der Waals surface area contributed by atoms with E-state index in [2.05, 4.69) is 19.9 Å². The summed E-state index contributed by atoms with van der Waals surface area (Å²) in [6.07, 6.45) is 2.38. The van der Waals surface area contributed by atoms with Crippen LogP contribution in [-0.2, 0) is 11.2 Å². The first-order valence-electron chi connectivity index (χ1n) is 6.05. The number of Topliss-reactive ketones (excluding diaryl/α,β-unsaturated/α-hetero) is 1. The van der Waals surface area contributed by atoms with E-state index in [1.54, 1.807) is 23.1 Å². The van der Waals surface area contributed by atoms with Crippen molar-refractivity contribution >= 4 is 28.9 Å². The number of rotatable bonds is 5. The quantitative estimate of drug-likeness (QED) is 0.767. The van der Waals surface area contributed by atoms with Gasteiger partial charge in [-0.2, -0.15) is 0 Å². The minimum Gasteiger partial charge on any atom is -0.377 e. The largest absolute Gasteiger partial charge is 0.377 e. The molecule has 1 aliphatic rings. The highest BCUT2D eigenvalue weighted by molar-refractivity contribution is 8.00. The molecule has 1 aliphatic heterocycles. The van der Waals surface area contributed by atoms with Crippen molar-refractivity contribution in [2.24, 2.45) is 0 Å². The van der Waals surface area contributed by atoms with E-state index in [9.17, 15) is 4.79 Å². The highest BCUT2D eigenvalue weighted by atomic mass is 32.2. The van der Waals surface area contributed by atoms with Crippen LogP contribution in [0, 0.1) is 0 Å². The molecule has 1 aromatic rings. The maximum atomic E-state index is 12.0. The molecule has 0 amide bonds. The van der Waals surface area contributed by atoms with Gasteiger partial charge in [0.1, 0.15) is 0 Å². The van der Waals surface area contributed by atoms with E-state index in [-0.39, 0.29) is 5.78 Å². The Bertz CT molecular complexity index is 387. The lowest BCUT2D eigenvalue weighted by molar-refractivity contribution is 0.102. The van der Waals surface area contributed by atoms with Crippen LogP contribution < -0.4 is 0 Å². The zero-order valence-corrected chi connectivity index (χ0v) is 11.9. The Morgan fingerprint density at radius 1 is 1.59 bits per heavy atom. The summed E-state index contributed by atoms with van der Waals surface area (Å²) in [7, 11) is 0. The van der Waals surface area contributed by atoms with E-state index in [1.807, 2.05) is 6.07 Å². The van der Waals surface area contributed by atoms with Gasteiger partial charge in [-0.15, -0.1) is 23.1 Å². The molecular formula is C13H18O2S2. The predicted molar refractivity (Wildman–Crippen MR) is 74.3 cm³/mol. The lowest BCUT2D eigenvalue weighted by Gasteiger charge is -2.12. The minimum absolute atomic E-state index is 0.263. The van der Waals surface area contributed by atoms with Gasteiger partial charge < -0.3 is 4.74 Å². The number of aryl methyl sites for hydroxylation is 1. The maximum Gasteiger partial charge on any atom is 0.182 e. The van der Waals surface area contributed by atoms with E-state index in [0.717, 1.165) is 24.3 Å². The number of ether oxygens (including phenoxy) is 1. The van der Waals surface area contributed by atoms with Gasteiger partial charge in [-0.1, -0.05) is 6.92 Å². The summed E-state index contributed by atoms with van der Waals surface area (Å²) in [5.41, 5.74) is 0. The van der Waals surface area contributed by atoms with Crippen molar-refractivity contribution in [1.82, 2.24) is 0 Å². The van der Waals surface area contributed by atoms with Crippen LogP contribution in [0.4, 0.5) is 0 Å². The first kappa shape index (κ1) is 13.1. The lowest BCUT2D eigenvalue weighted by Crippen LogP contribution is -2.15. The molecule has 0 N–H and O–H groups in total. The van der Waals surface area contributed by atoms with Crippen LogP contribution in [0.25, 0.3) is 0 Å². The number of carbonyl (C=O) groups excluding carboxylic acids is 1. The normalized spacial score (nSPS) is 24.1. The molecule has 2 atom stereocenters. The van der Waals surface area contributed by atoms with Gasteiger partial charge in [-0.25, -0.2) is 0 Å². The Morgan fingerprint density at radius 3 is 3.00 bits per heavy atom. The Labute approximate surface area is 111 Å². The van der Waals surface area contributed by atoms with Crippen LogP contribution in [0.1, 0.15) is 34.8 Å². The molecule has 0 saturated carbocycles. The number of thioether (sulfide) groups is 1. The molecule has 2 nitrogen and oxygen atoms in total. The molecule has 4 heteroatoms. The predicted octanol–water partition coefficient (Wildman–Crippen LogP) is 3.40. The van der Waals surface area contributed by atoms with Crippen molar-refractivity contribution in [3.05, 3.63) is 21.9 Å². The summed E-state index contributed by atoms with van der Waals surface area (Å²) in [4.78, 5) is 14.2. The summed E-state index contributed by atoms with van der Waals surface area (Å²) in [6, 6.07) is 4.02. The first-order chi connectivity index (χ1) is 8.20. The third-order valence-corrected chi connectivity index (χ3v) is 5.77. The molecule has 1 fully saturated rings. The molecular weight excluding hydrogens is 252 g/mol. The molecule has 17 heavy (non-hydrogen) atoms. The molecule has 2 unspecified atom stereocenters. The van der Waals surface area contributed by atoms with Crippen molar-refractivity contribution in [2.75, 3.05) is 12.4 Å². The average molecular weight is 270 g/mol. The van der Waals surface area contributed by atoms with Crippen LogP contribution in [-0.4, -0.2) is 29.5 Å². The smallest absolute Gasteiger partial charge is 0.182 e. The maximum absolute atomic E-state index is 12.0. The Hall–Kier alpha value is -0.320. The van der Waals surface area contributed by atoms with Crippen LogP contribution in [0.2, 0.25) is 0 Å². The molecule has 0 radical (unpaired) electrons. The fourth-order valence-electron chi connectivity index (χ4n) is 1.90. The van der Waals surface area contributed by atoms with Crippen molar-refractivity contribution in [3.8, 4) is 0 Å². The first-order valence-corrected chi connectivity index (χ1v) is 7.92. The summed E-state index contributed by atoms with van der Waals surface area (Å²) < 4.78 is 5.50. The van der Waals surface area contributed by atoms with E-state index >= 15 is 0 Å². The van der Waals surface area contributed by atoms with Crippen LogP contribution in [0.15, 0.2) is 12.1 Å². The van der Waals surface area contributed by atoms with Gasteiger partial charge in [0.2, 0.25) is 0 Å². The van der Waals surface area contributed by atoms with Crippen LogP contribution in [0.3, 0.4) is 0 Å². The third kappa shape index (κ3) is 3.33. The average Bonchev–Trinajstić information content (AvgIpc) is 2.94. The molecule has 2 heterocycles. The lowest BCUT2D eigenvalue weighted by atomic mass is 10.3. The molecule has 0 bridgehead atoms. The van der Waals surface area contributed by atoms with Gasteiger partial charge in [0, 0.05) is 16.7 Å².